The minimum atomic E-state index is -0.624. The van der Waals surface area contributed by atoms with Crippen molar-refractivity contribution in [3.8, 4) is 0 Å². The van der Waals surface area contributed by atoms with Crippen molar-refractivity contribution in [2.24, 2.45) is 0 Å². The van der Waals surface area contributed by atoms with E-state index in [1.54, 1.807) is 6.20 Å². The third-order valence-electron chi connectivity index (χ3n) is 1.95. The Labute approximate surface area is 93.3 Å². The number of aliphatic hydroxyl groups excluding tert-OH is 1. The first-order chi connectivity index (χ1) is 7.22. The molecule has 1 unspecified atom stereocenters. The van der Waals surface area contributed by atoms with E-state index in [4.69, 9.17) is 0 Å². The number of alkyl halides is 1. The van der Waals surface area contributed by atoms with E-state index in [2.05, 4.69) is 26.0 Å². The van der Waals surface area contributed by atoms with Gasteiger partial charge in [0.05, 0.1) is 18.8 Å². The van der Waals surface area contributed by atoms with Gasteiger partial charge in [-0.05, 0) is 0 Å². The lowest BCUT2D eigenvalue weighted by Crippen LogP contribution is -2.27. The van der Waals surface area contributed by atoms with Crippen molar-refractivity contribution in [3.63, 3.8) is 0 Å². The Hall–Kier alpha value is -1.21. The topological polar surface area (TPSA) is 72.4 Å². The van der Waals surface area contributed by atoms with Crippen LogP contribution in [0, 0.1) is 0 Å². The zero-order chi connectivity index (χ0) is 10.8. The summed E-state index contributed by atoms with van der Waals surface area (Å²) in [7, 11) is 0. The van der Waals surface area contributed by atoms with Crippen LogP contribution < -0.4 is 5.69 Å². The Morgan fingerprint density at radius 3 is 3.07 bits per heavy atom. The van der Waals surface area contributed by atoms with Crippen LogP contribution in [-0.4, -0.2) is 35.7 Å². The van der Waals surface area contributed by atoms with Gasteiger partial charge in [0.15, 0.2) is 5.65 Å². The molecule has 0 aliphatic carbocycles. The lowest BCUT2D eigenvalue weighted by molar-refractivity contribution is 0.172. The second-order valence-corrected chi connectivity index (χ2v) is 3.72. The molecule has 6 nitrogen and oxygen atoms in total. The van der Waals surface area contributed by atoms with Crippen LogP contribution in [0.2, 0.25) is 0 Å². The number of halogens is 1. The van der Waals surface area contributed by atoms with Crippen molar-refractivity contribution in [2.45, 2.75) is 12.6 Å². The fourth-order valence-electron chi connectivity index (χ4n) is 1.25. The molecule has 2 aromatic rings. The number of hydrogen-bond donors (Lipinski definition) is 1. The summed E-state index contributed by atoms with van der Waals surface area (Å²) in [4.78, 5) is 15.5. The summed E-state index contributed by atoms with van der Waals surface area (Å²) < 4.78 is 2.61. The second-order valence-electron chi connectivity index (χ2n) is 3.08. The Kier molecular flexibility index (Phi) is 2.83. The third kappa shape index (κ3) is 1.93. The van der Waals surface area contributed by atoms with Crippen LogP contribution in [-0.2, 0) is 6.54 Å². The molecule has 0 bridgehead atoms. The Balaban J connectivity index is 2.45. The molecule has 2 aromatic heterocycles. The van der Waals surface area contributed by atoms with Gasteiger partial charge in [0.25, 0.3) is 0 Å². The predicted octanol–water partition coefficient (Wildman–Crippen LogP) is -0.353. The summed E-state index contributed by atoms with van der Waals surface area (Å²) in [5, 5.41) is 13.8. The zero-order valence-corrected chi connectivity index (χ0v) is 9.33. The maximum atomic E-state index is 11.7. The van der Waals surface area contributed by atoms with E-state index in [1.165, 1.54) is 21.5 Å². The van der Waals surface area contributed by atoms with E-state index in [0.29, 0.717) is 11.0 Å². The van der Waals surface area contributed by atoms with E-state index < -0.39 is 6.10 Å². The fraction of sp³-hybridized carbons (Fsp3) is 0.375. The Morgan fingerprint density at radius 1 is 1.60 bits per heavy atom. The van der Waals surface area contributed by atoms with Crippen LogP contribution in [0.15, 0.2) is 23.4 Å². The highest BCUT2D eigenvalue weighted by molar-refractivity contribution is 9.09. The Morgan fingerprint density at radius 2 is 2.40 bits per heavy atom. The van der Waals surface area contributed by atoms with Crippen molar-refractivity contribution in [1.82, 2.24) is 19.2 Å². The van der Waals surface area contributed by atoms with Gasteiger partial charge in [0, 0.05) is 17.7 Å². The minimum Gasteiger partial charge on any atom is -0.390 e. The maximum Gasteiger partial charge on any atom is 0.350 e. The molecule has 0 spiro atoms. The van der Waals surface area contributed by atoms with Gasteiger partial charge in [-0.3, -0.25) is 4.98 Å². The molecule has 0 aliphatic heterocycles. The van der Waals surface area contributed by atoms with Crippen molar-refractivity contribution < 1.29 is 5.11 Å². The lowest BCUT2D eigenvalue weighted by Gasteiger charge is -2.03. The van der Waals surface area contributed by atoms with Gasteiger partial charge in [0.1, 0.15) is 0 Å². The van der Waals surface area contributed by atoms with Crippen LogP contribution in [0.5, 0.6) is 0 Å². The average molecular weight is 273 g/mol. The molecule has 0 saturated carbocycles. The summed E-state index contributed by atoms with van der Waals surface area (Å²) in [5.41, 5.74) is 0.205. The smallest absolute Gasteiger partial charge is 0.350 e. The van der Waals surface area contributed by atoms with Gasteiger partial charge in [-0.2, -0.15) is 0 Å². The number of nitrogens with zero attached hydrogens (tertiary/aromatic N) is 4. The molecule has 0 radical (unpaired) electrons. The normalized spacial score (nSPS) is 13.2. The van der Waals surface area contributed by atoms with Crippen LogP contribution in [0.4, 0.5) is 0 Å². The summed E-state index contributed by atoms with van der Waals surface area (Å²) in [6.07, 6.45) is 3.93. The molecule has 0 aliphatic rings. The molecule has 15 heavy (non-hydrogen) atoms. The third-order valence-corrected chi connectivity index (χ3v) is 2.70. The molecule has 80 valence electrons. The monoisotopic (exact) mass is 272 g/mol. The summed E-state index contributed by atoms with van der Waals surface area (Å²) >= 11 is 3.13. The van der Waals surface area contributed by atoms with Crippen LogP contribution in [0.1, 0.15) is 0 Å². The number of hydrogen-bond acceptors (Lipinski definition) is 4. The first-order valence-corrected chi connectivity index (χ1v) is 5.47. The molecule has 0 saturated heterocycles. The quantitative estimate of drug-likeness (QED) is 0.776. The molecule has 0 aromatic carbocycles. The first kappa shape index (κ1) is 10.3. The largest absolute Gasteiger partial charge is 0.390 e. The van der Waals surface area contributed by atoms with Gasteiger partial charge in [-0.15, -0.1) is 5.10 Å². The van der Waals surface area contributed by atoms with Gasteiger partial charge in [-0.25, -0.2) is 13.9 Å². The zero-order valence-electron chi connectivity index (χ0n) is 7.75. The Bertz CT molecular complexity index is 521. The van der Waals surface area contributed by atoms with Crippen LogP contribution in [0.25, 0.3) is 5.65 Å². The van der Waals surface area contributed by atoms with Crippen LogP contribution in [0.3, 0.4) is 0 Å². The standard InChI is InChI=1S/C8H9BrN4O2/c9-3-6(14)5-13-8(15)12-2-1-10-4-7(12)11-13/h1-2,4,6,14H,3,5H2. The van der Waals surface area contributed by atoms with Crippen molar-refractivity contribution in [2.75, 3.05) is 5.33 Å². The predicted molar refractivity (Wildman–Crippen MR) is 57.0 cm³/mol. The van der Waals surface area contributed by atoms with Gasteiger partial charge in [0.2, 0.25) is 0 Å². The van der Waals surface area contributed by atoms with Crippen LogP contribution >= 0.6 is 15.9 Å². The minimum absolute atomic E-state index is 0.172. The average Bonchev–Trinajstić information content (AvgIpc) is 2.57. The van der Waals surface area contributed by atoms with E-state index in [9.17, 15) is 9.90 Å². The highest BCUT2D eigenvalue weighted by Crippen LogP contribution is 1.96. The van der Waals surface area contributed by atoms with Gasteiger partial charge >= 0.3 is 5.69 Å². The number of rotatable bonds is 3. The number of fused-ring (bicyclic) bond motifs is 1. The molecule has 0 amide bonds. The van der Waals surface area contributed by atoms with E-state index in [0.717, 1.165) is 0 Å². The van der Waals surface area contributed by atoms with Gasteiger partial charge < -0.3 is 5.11 Å². The summed E-state index contributed by atoms with van der Waals surface area (Å²) in [6.45, 7) is 0.172. The molecule has 2 rings (SSSR count). The second kappa shape index (κ2) is 4.11. The fourth-order valence-corrected chi connectivity index (χ4v) is 1.45. The highest BCUT2D eigenvalue weighted by Gasteiger charge is 2.09. The SMILES string of the molecule is O=c1n(CC(O)CBr)nc2cnccn12. The first-order valence-electron chi connectivity index (χ1n) is 4.35. The van der Waals surface area contributed by atoms with Crippen molar-refractivity contribution in [3.05, 3.63) is 29.1 Å². The van der Waals surface area contributed by atoms with Crippen molar-refractivity contribution in [1.29, 1.82) is 0 Å². The molecular formula is C8H9BrN4O2. The summed E-state index contributed by atoms with van der Waals surface area (Å²) in [5.74, 6) is 0. The maximum absolute atomic E-state index is 11.7. The number of aromatic nitrogens is 4. The van der Waals surface area contributed by atoms with Crippen molar-refractivity contribution >= 4 is 21.6 Å². The highest BCUT2D eigenvalue weighted by atomic mass is 79.9. The molecular weight excluding hydrogens is 264 g/mol. The molecule has 0 fully saturated rings. The lowest BCUT2D eigenvalue weighted by atomic mass is 10.4. The summed E-state index contributed by atoms with van der Waals surface area (Å²) in [6, 6.07) is 0. The van der Waals surface area contributed by atoms with E-state index >= 15 is 0 Å². The molecule has 7 heteroatoms. The molecule has 1 N–H and O–H groups in total. The molecule has 2 heterocycles. The van der Waals surface area contributed by atoms with Gasteiger partial charge in [-0.1, -0.05) is 15.9 Å². The molecule has 1 atom stereocenters. The van der Waals surface area contributed by atoms with E-state index in [-0.39, 0.29) is 12.2 Å². The van der Waals surface area contributed by atoms with E-state index in [1.807, 2.05) is 0 Å². The number of aliphatic hydroxyl groups is 1.